The minimum atomic E-state index is -0.162. The first kappa shape index (κ1) is 13.5. The molecule has 0 amide bonds. The number of ether oxygens (including phenoxy) is 1. The summed E-state index contributed by atoms with van der Waals surface area (Å²) < 4.78 is 6.92. The molecule has 1 aromatic rings. The van der Waals surface area contributed by atoms with E-state index in [0.29, 0.717) is 13.0 Å². The maximum atomic E-state index is 11.2. The molecule has 0 aliphatic rings. The van der Waals surface area contributed by atoms with Crippen LogP contribution in [0.2, 0.25) is 0 Å². The van der Waals surface area contributed by atoms with Crippen LogP contribution >= 0.6 is 0 Å². The van der Waals surface area contributed by atoms with Gasteiger partial charge in [0.2, 0.25) is 0 Å². The molecule has 0 aliphatic heterocycles. The Morgan fingerprint density at radius 2 is 2.18 bits per heavy atom. The number of aldehydes is 1. The fraction of sp³-hybridized carbons (Fsp3) is 0.538. The van der Waals surface area contributed by atoms with Crippen LogP contribution in [0.5, 0.6) is 0 Å². The van der Waals surface area contributed by atoms with E-state index >= 15 is 0 Å². The SMILES string of the molecule is CCOC(=O)CCCn1c(C)cc(C=O)c1C. The molecule has 0 saturated carbocycles. The van der Waals surface area contributed by atoms with Crippen molar-refractivity contribution in [2.45, 2.75) is 40.2 Å². The van der Waals surface area contributed by atoms with Gasteiger partial charge in [0.15, 0.2) is 6.29 Å². The van der Waals surface area contributed by atoms with Crippen molar-refractivity contribution in [1.29, 1.82) is 0 Å². The predicted octanol–water partition coefficient (Wildman–Crippen LogP) is 2.26. The van der Waals surface area contributed by atoms with E-state index in [1.54, 1.807) is 6.92 Å². The van der Waals surface area contributed by atoms with Crippen LogP contribution in [-0.2, 0) is 16.1 Å². The summed E-state index contributed by atoms with van der Waals surface area (Å²) in [5.41, 5.74) is 2.73. The van der Waals surface area contributed by atoms with Crippen molar-refractivity contribution in [3.63, 3.8) is 0 Å². The second kappa shape index (κ2) is 6.23. The van der Waals surface area contributed by atoms with E-state index in [1.165, 1.54) is 0 Å². The van der Waals surface area contributed by atoms with Crippen LogP contribution in [0.1, 0.15) is 41.5 Å². The molecule has 0 radical (unpaired) electrons. The quantitative estimate of drug-likeness (QED) is 0.563. The Morgan fingerprint density at radius 1 is 1.47 bits per heavy atom. The monoisotopic (exact) mass is 237 g/mol. The first-order valence-electron chi connectivity index (χ1n) is 5.87. The standard InChI is InChI=1S/C13H19NO3/c1-4-17-13(16)6-5-7-14-10(2)8-12(9-15)11(14)3/h8-9H,4-7H2,1-3H3. The molecule has 4 heteroatoms. The number of carbonyl (C=O) groups is 2. The molecule has 17 heavy (non-hydrogen) atoms. The molecule has 1 heterocycles. The summed E-state index contributed by atoms with van der Waals surface area (Å²) in [4.78, 5) is 21.9. The Balaban J connectivity index is 2.55. The molecule has 0 saturated heterocycles. The summed E-state index contributed by atoms with van der Waals surface area (Å²) in [7, 11) is 0. The minimum absolute atomic E-state index is 0.162. The fourth-order valence-corrected chi connectivity index (χ4v) is 1.91. The summed E-state index contributed by atoms with van der Waals surface area (Å²) in [6.45, 7) is 6.85. The van der Waals surface area contributed by atoms with E-state index in [2.05, 4.69) is 4.57 Å². The Bertz CT molecular complexity index is 407. The highest BCUT2D eigenvalue weighted by Crippen LogP contribution is 2.14. The van der Waals surface area contributed by atoms with Gasteiger partial charge in [0.25, 0.3) is 0 Å². The second-order valence-electron chi connectivity index (χ2n) is 4.00. The van der Waals surface area contributed by atoms with Gasteiger partial charge >= 0.3 is 5.97 Å². The van der Waals surface area contributed by atoms with E-state index in [4.69, 9.17) is 4.74 Å². The average Bonchev–Trinajstić information content (AvgIpc) is 2.56. The van der Waals surface area contributed by atoms with Crippen LogP contribution in [0.25, 0.3) is 0 Å². The van der Waals surface area contributed by atoms with Gasteiger partial charge in [-0.15, -0.1) is 0 Å². The smallest absolute Gasteiger partial charge is 0.305 e. The van der Waals surface area contributed by atoms with E-state index < -0.39 is 0 Å². The van der Waals surface area contributed by atoms with E-state index in [1.807, 2.05) is 19.9 Å². The van der Waals surface area contributed by atoms with Gasteiger partial charge in [-0.1, -0.05) is 0 Å². The van der Waals surface area contributed by atoms with Gasteiger partial charge in [0.1, 0.15) is 0 Å². The normalized spacial score (nSPS) is 10.3. The van der Waals surface area contributed by atoms with Crippen molar-refractivity contribution in [3.8, 4) is 0 Å². The van der Waals surface area contributed by atoms with Crippen molar-refractivity contribution in [3.05, 3.63) is 23.0 Å². The molecule has 0 bridgehead atoms. The summed E-state index contributed by atoms with van der Waals surface area (Å²) in [5, 5.41) is 0. The second-order valence-corrected chi connectivity index (χ2v) is 4.00. The van der Waals surface area contributed by atoms with E-state index in [9.17, 15) is 9.59 Å². The van der Waals surface area contributed by atoms with Crippen molar-refractivity contribution in [2.75, 3.05) is 6.61 Å². The molecule has 0 fully saturated rings. The molecule has 4 nitrogen and oxygen atoms in total. The number of rotatable bonds is 6. The van der Waals surface area contributed by atoms with Crippen molar-refractivity contribution >= 4 is 12.3 Å². The van der Waals surface area contributed by atoms with E-state index in [-0.39, 0.29) is 5.97 Å². The van der Waals surface area contributed by atoms with Crippen molar-refractivity contribution in [2.24, 2.45) is 0 Å². The number of aromatic nitrogens is 1. The summed E-state index contributed by atoms with van der Waals surface area (Å²) in [5.74, 6) is -0.162. The molecule has 1 rings (SSSR count). The van der Waals surface area contributed by atoms with Gasteiger partial charge in [-0.2, -0.15) is 0 Å². The van der Waals surface area contributed by atoms with Gasteiger partial charge in [-0.05, 0) is 33.3 Å². The molecule has 94 valence electrons. The van der Waals surface area contributed by atoms with Crippen molar-refractivity contribution < 1.29 is 14.3 Å². The fourth-order valence-electron chi connectivity index (χ4n) is 1.91. The maximum absolute atomic E-state index is 11.2. The molecule has 0 aliphatic carbocycles. The van der Waals surface area contributed by atoms with Gasteiger partial charge in [-0.25, -0.2) is 0 Å². The Labute approximate surface area is 102 Å². The first-order valence-corrected chi connectivity index (χ1v) is 5.87. The van der Waals surface area contributed by atoms with Gasteiger partial charge in [0, 0.05) is 29.9 Å². The lowest BCUT2D eigenvalue weighted by molar-refractivity contribution is -0.143. The zero-order valence-electron chi connectivity index (χ0n) is 10.7. The van der Waals surface area contributed by atoms with Gasteiger partial charge in [0.05, 0.1) is 6.61 Å². The van der Waals surface area contributed by atoms with Crippen LogP contribution < -0.4 is 0 Å². The molecular formula is C13H19NO3. The highest BCUT2D eigenvalue weighted by atomic mass is 16.5. The van der Waals surface area contributed by atoms with Gasteiger partial charge in [-0.3, -0.25) is 9.59 Å². The lowest BCUT2D eigenvalue weighted by Crippen LogP contribution is -2.08. The third-order valence-electron chi connectivity index (χ3n) is 2.81. The molecule has 0 spiro atoms. The van der Waals surface area contributed by atoms with Crippen LogP contribution in [0.4, 0.5) is 0 Å². The Hall–Kier alpha value is -1.58. The number of aryl methyl sites for hydroxylation is 1. The number of carbonyl (C=O) groups excluding carboxylic acids is 2. The number of esters is 1. The lowest BCUT2D eigenvalue weighted by atomic mass is 10.3. The highest BCUT2D eigenvalue weighted by Gasteiger charge is 2.08. The van der Waals surface area contributed by atoms with E-state index in [0.717, 1.165) is 36.2 Å². The molecule has 0 atom stereocenters. The lowest BCUT2D eigenvalue weighted by Gasteiger charge is -2.08. The molecule has 0 unspecified atom stereocenters. The van der Waals surface area contributed by atoms with Gasteiger partial charge < -0.3 is 9.30 Å². The average molecular weight is 237 g/mol. The summed E-state index contributed by atoms with van der Waals surface area (Å²) >= 11 is 0. The molecule has 0 aromatic carbocycles. The van der Waals surface area contributed by atoms with Crippen molar-refractivity contribution in [1.82, 2.24) is 4.57 Å². The summed E-state index contributed by atoms with van der Waals surface area (Å²) in [6, 6.07) is 1.87. The third kappa shape index (κ3) is 3.44. The van der Waals surface area contributed by atoms with Crippen LogP contribution in [0.15, 0.2) is 6.07 Å². The Morgan fingerprint density at radius 3 is 2.71 bits per heavy atom. The number of hydrogen-bond donors (Lipinski definition) is 0. The van der Waals surface area contributed by atoms with Crippen LogP contribution in [-0.4, -0.2) is 23.4 Å². The zero-order valence-corrected chi connectivity index (χ0v) is 10.7. The number of nitrogens with zero attached hydrogens (tertiary/aromatic N) is 1. The largest absolute Gasteiger partial charge is 0.466 e. The topological polar surface area (TPSA) is 48.3 Å². The van der Waals surface area contributed by atoms with Crippen LogP contribution in [0, 0.1) is 13.8 Å². The first-order chi connectivity index (χ1) is 8.10. The zero-order chi connectivity index (χ0) is 12.8. The van der Waals surface area contributed by atoms with Crippen LogP contribution in [0.3, 0.4) is 0 Å². The minimum Gasteiger partial charge on any atom is -0.466 e. The Kier molecular flexibility index (Phi) is 4.94. The number of hydrogen-bond acceptors (Lipinski definition) is 3. The predicted molar refractivity (Wildman–Crippen MR) is 65.2 cm³/mol. The molecule has 0 N–H and O–H groups in total. The molecule has 1 aromatic heterocycles. The maximum Gasteiger partial charge on any atom is 0.305 e. The summed E-state index contributed by atoms with van der Waals surface area (Å²) in [6.07, 6.45) is 2.01. The third-order valence-corrected chi connectivity index (χ3v) is 2.81. The highest BCUT2D eigenvalue weighted by molar-refractivity contribution is 5.77. The molecular weight excluding hydrogens is 218 g/mol.